The largest absolute Gasteiger partial charge is 0.387 e. The second-order valence-electron chi connectivity index (χ2n) is 5.85. The minimum absolute atomic E-state index is 0.601. The maximum absolute atomic E-state index is 10.3. The number of hydrogen-bond acceptors (Lipinski definition) is 4. The third kappa shape index (κ3) is 2.57. The van der Waals surface area contributed by atoms with Crippen molar-refractivity contribution in [2.24, 2.45) is 7.05 Å². The van der Waals surface area contributed by atoms with Crippen LogP contribution in [0.2, 0.25) is 0 Å². The number of nitrogens with one attached hydrogen (secondary N) is 2. The third-order valence-corrected chi connectivity index (χ3v) is 4.05. The van der Waals surface area contributed by atoms with Crippen molar-refractivity contribution < 1.29 is 5.11 Å². The molecule has 3 rings (SSSR count). The van der Waals surface area contributed by atoms with E-state index in [1.807, 2.05) is 11.7 Å². The van der Waals surface area contributed by atoms with Crippen LogP contribution in [0.1, 0.15) is 17.7 Å². The lowest BCUT2D eigenvalue weighted by Crippen LogP contribution is -2.42. The molecular formula is C15H22N4O. The van der Waals surface area contributed by atoms with Crippen LogP contribution in [-0.4, -0.2) is 40.1 Å². The zero-order valence-corrected chi connectivity index (χ0v) is 12.1. The standard InChI is InChI=1S/C15H22N4O/c1-11-3-4-14-12(7-11)13(18-19(14)2)8-17-10-15(20)5-6-16-9-15/h3-4,7,16-17,20H,5-6,8-10H2,1-2H3. The Hall–Kier alpha value is -1.43. The van der Waals surface area contributed by atoms with E-state index in [0.29, 0.717) is 19.6 Å². The van der Waals surface area contributed by atoms with Crippen LogP contribution in [0, 0.1) is 6.92 Å². The van der Waals surface area contributed by atoms with Crippen LogP contribution in [0.25, 0.3) is 10.9 Å². The van der Waals surface area contributed by atoms with E-state index >= 15 is 0 Å². The van der Waals surface area contributed by atoms with E-state index in [-0.39, 0.29) is 0 Å². The summed E-state index contributed by atoms with van der Waals surface area (Å²) in [7, 11) is 1.97. The molecule has 1 aliphatic heterocycles. The van der Waals surface area contributed by atoms with E-state index in [2.05, 4.69) is 40.9 Å². The first kappa shape index (κ1) is 13.5. The Morgan fingerprint density at radius 1 is 1.50 bits per heavy atom. The average Bonchev–Trinajstić information content (AvgIpc) is 2.96. The van der Waals surface area contributed by atoms with Crippen molar-refractivity contribution in [3.8, 4) is 0 Å². The molecule has 1 aliphatic rings. The van der Waals surface area contributed by atoms with Crippen molar-refractivity contribution in [2.45, 2.75) is 25.5 Å². The van der Waals surface area contributed by atoms with Crippen LogP contribution in [0.3, 0.4) is 0 Å². The second-order valence-corrected chi connectivity index (χ2v) is 5.85. The van der Waals surface area contributed by atoms with Gasteiger partial charge in [0, 0.05) is 32.1 Å². The summed E-state index contributed by atoms with van der Waals surface area (Å²) >= 11 is 0. The van der Waals surface area contributed by atoms with Gasteiger partial charge in [-0.2, -0.15) is 5.10 Å². The van der Waals surface area contributed by atoms with Crippen molar-refractivity contribution in [3.05, 3.63) is 29.5 Å². The van der Waals surface area contributed by atoms with Gasteiger partial charge in [-0.3, -0.25) is 4.68 Å². The van der Waals surface area contributed by atoms with Gasteiger partial charge in [-0.05, 0) is 32.0 Å². The van der Waals surface area contributed by atoms with Crippen LogP contribution in [0.15, 0.2) is 18.2 Å². The molecule has 2 aromatic rings. The number of nitrogens with zero attached hydrogens (tertiary/aromatic N) is 2. The van der Waals surface area contributed by atoms with Crippen molar-refractivity contribution in [1.82, 2.24) is 20.4 Å². The maximum Gasteiger partial charge on any atom is 0.0907 e. The van der Waals surface area contributed by atoms with Gasteiger partial charge in [0.05, 0.1) is 16.8 Å². The van der Waals surface area contributed by atoms with Gasteiger partial charge in [-0.25, -0.2) is 0 Å². The lowest BCUT2D eigenvalue weighted by Gasteiger charge is -2.21. The molecule has 1 atom stereocenters. The molecule has 20 heavy (non-hydrogen) atoms. The molecule has 0 bridgehead atoms. The number of aryl methyl sites for hydroxylation is 2. The Bertz CT molecular complexity index is 614. The molecule has 108 valence electrons. The predicted octanol–water partition coefficient (Wildman–Crippen LogP) is 0.696. The van der Waals surface area contributed by atoms with Crippen molar-refractivity contribution in [2.75, 3.05) is 19.6 Å². The summed E-state index contributed by atoms with van der Waals surface area (Å²) in [6.45, 7) is 4.94. The SMILES string of the molecule is Cc1ccc2c(c1)c(CNCC1(O)CCNC1)nn2C. The van der Waals surface area contributed by atoms with Gasteiger partial charge < -0.3 is 15.7 Å². The molecule has 2 heterocycles. The van der Waals surface area contributed by atoms with Gasteiger partial charge in [0.2, 0.25) is 0 Å². The Balaban J connectivity index is 1.72. The fourth-order valence-corrected chi connectivity index (χ4v) is 2.88. The highest BCUT2D eigenvalue weighted by Crippen LogP contribution is 2.20. The predicted molar refractivity (Wildman–Crippen MR) is 79.6 cm³/mol. The van der Waals surface area contributed by atoms with E-state index in [4.69, 9.17) is 0 Å². The molecule has 0 amide bonds. The number of hydrogen-bond donors (Lipinski definition) is 3. The van der Waals surface area contributed by atoms with Gasteiger partial charge in [0.25, 0.3) is 0 Å². The molecule has 3 N–H and O–H groups in total. The molecule has 0 saturated carbocycles. The van der Waals surface area contributed by atoms with Crippen molar-refractivity contribution >= 4 is 10.9 Å². The summed E-state index contributed by atoms with van der Waals surface area (Å²) in [5.41, 5.74) is 2.82. The minimum Gasteiger partial charge on any atom is -0.387 e. The van der Waals surface area contributed by atoms with E-state index in [0.717, 1.165) is 24.2 Å². The average molecular weight is 274 g/mol. The molecule has 1 saturated heterocycles. The molecule has 0 radical (unpaired) electrons. The molecule has 0 aliphatic carbocycles. The normalized spacial score (nSPS) is 22.8. The van der Waals surface area contributed by atoms with Gasteiger partial charge in [0.15, 0.2) is 0 Å². The number of β-amino-alcohol motifs (C(OH)–C–C–N with tert-alkyl or cyclic N) is 1. The monoisotopic (exact) mass is 274 g/mol. The molecular weight excluding hydrogens is 252 g/mol. The van der Waals surface area contributed by atoms with Crippen molar-refractivity contribution in [1.29, 1.82) is 0 Å². The van der Waals surface area contributed by atoms with Gasteiger partial charge in [0.1, 0.15) is 0 Å². The number of fused-ring (bicyclic) bond motifs is 1. The Kier molecular flexibility index (Phi) is 3.50. The molecule has 0 spiro atoms. The number of aromatic nitrogens is 2. The fraction of sp³-hybridized carbons (Fsp3) is 0.533. The lowest BCUT2D eigenvalue weighted by atomic mass is 10.0. The second kappa shape index (κ2) is 5.16. The summed E-state index contributed by atoms with van der Waals surface area (Å²) in [6.07, 6.45) is 0.808. The number of benzene rings is 1. The van der Waals surface area contributed by atoms with Crippen molar-refractivity contribution in [3.63, 3.8) is 0 Å². The summed E-state index contributed by atoms with van der Waals surface area (Å²) in [4.78, 5) is 0. The molecule has 1 aromatic carbocycles. The summed E-state index contributed by atoms with van der Waals surface area (Å²) in [6, 6.07) is 6.38. The van der Waals surface area contributed by atoms with E-state index in [9.17, 15) is 5.11 Å². The first-order chi connectivity index (χ1) is 9.57. The summed E-state index contributed by atoms with van der Waals surface area (Å²) in [5.74, 6) is 0. The third-order valence-electron chi connectivity index (χ3n) is 4.05. The van der Waals surface area contributed by atoms with Crippen LogP contribution >= 0.6 is 0 Å². The summed E-state index contributed by atoms with van der Waals surface area (Å²) < 4.78 is 1.91. The van der Waals surface area contributed by atoms with E-state index in [1.54, 1.807) is 0 Å². The molecule has 5 nitrogen and oxygen atoms in total. The quantitative estimate of drug-likeness (QED) is 0.768. The zero-order valence-electron chi connectivity index (χ0n) is 12.1. The Morgan fingerprint density at radius 2 is 2.35 bits per heavy atom. The first-order valence-electron chi connectivity index (χ1n) is 7.13. The minimum atomic E-state index is -0.611. The number of rotatable bonds is 4. The van der Waals surface area contributed by atoms with Crippen LogP contribution in [0.4, 0.5) is 0 Å². The maximum atomic E-state index is 10.3. The Morgan fingerprint density at radius 3 is 3.10 bits per heavy atom. The zero-order chi connectivity index (χ0) is 14.2. The molecule has 1 aromatic heterocycles. The van der Waals surface area contributed by atoms with Crippen LogP contribution in [0.5, 0.6) is 0 Å². The lowest BCUT2D eigenvalue weighted by molar-refractivity contribution is 0.0608. The van der Waals surface area contributed by atoms with E-state index < -0.39 is 5.60 Å². The Labute approximate surface area is 119 Å². The highest BCUT2D eigenvalue weighted by atomic mass is 16.3. The van der Waals surface area contributed by atoms with Crippen LogP contribution < -0.4 is 10.6 Å². The van der Waals surface area contributed by atoms with E-state index in [1.165, 1.54) is 10.9 Å². The van der Waals surface area contributed by atoms with Gasteiger partial charge >= 0.3 is 0 Å². The molecule has 1 unspecified atom stereocenters. The van der Waals surface area contributed by atoms with Gasteiger partial charge in [-0.15, -0.1) is 0 Å². The smallest absolute Gasteiger partial charge is 0.0907 e. The topological polar surface area (TPSA) is 62.1 Å². The summed E-state index contributed by atoms with van der Waals surface area (Å²) in [5, 5.41) is 22.6. The highest BCUT2D eigenvalue weighted by Gasteiger charge is 2.30. The number of aliphatic hydroxyl groups is 1. The molecule has 5 heteroatoms. The van der Waals surface area contributed by atoms with Gasteiger partial charge in [-0.1, -0.05) is 11.6 Å². The van der Waals surface area contributed by atoms with Crippen LogP contribution in [-0.2, 0) is 13.6 Å². The first-order valence-corrected chi connectivity index (χ1v) is 7.13. The highest BCUT2D eigenvalue weighted by molar-refractivity contribution is 5.82. The molecule has 1 fully saturated rings. The fourth-order valence-electron chi connectivity index (χ4n) is 2.88.